The van der Waals surface area contributed by atoms with Gasteiger partial charge < -0.3 is 9.88 Å². The van der Waals surface area contributed by atoms with Crippen molar-refractivity contribution in [2.45, 2.75) is 45.7 Å². The van der Waals surface area contributed by atoms with Crippen LogP contribution in [0.5, 0.6) is 0 Å². The minimum absolute atomic E-state index is 0.00130. The van der Waals surface area contributed by atoms with Gasteiger partial charge in [0.2, 0.25) is 0 Å². The maximum absolute atomic E-state index is 12.7. The Morgan fingerprint density at radius 1 is 1.52 bits per heavy atom. The van der Waals surface area contributed by atoms with Crippen LogP contribution in [0.25, 0.3) is 0 Å². The van der Waals surface area contributed by atoms with Crippen LogP contribution in [0.3, 0.4) is 0 Å². The highest BCUT2D eigenvalue weighted by molar-refractivity contribution is 5.92. The zero-order valence-corrected chi connectivity index (χ0v) is 12.5. The minimum Gasteiger partial charge on any atom is -0.344 e. The molecule has 1 atom stereocenters. The van der Waals surface area contributed by atoms with Gasteiger partial charge in [0.1, 0.15) is 11.5 Å². The molecule has 0 spiro atoms. The smallest absolute Gasteiger partial charge is 0.274 e. The SMILES string of the molecule is CCCn1ccc(C(=O)N2CCC[C@H]2c2ncc(C)[nH]2)n1. The van der Waals surface area contributed by atoms with E-state index in [1.54, 1.807) is 6.07 Å². The molecule has 0 radical (unpaired) electrons. The molecule has 1 aliphatic heterocycles. The number of imidazole rings is 1. The van der Waals surface area contributed by atoms with E-state index >= 15 is 0 Å². The van der Waals surface area contributed by atoms with Crippen LogP contribution in [0.2, 0.25) is 0 Å². The number of nitrogens with zero attached hydrogens (tertiary/aromatic N) is 4. The third-order valence-corrected chi connectivity index (χ3v) is 3.86. The first-order valence-corrected chi connectivity index (χ1v) is 7.55. The van der Waals surface area contributed by atoms with E-state index in [-0.39, 0.29) is 11.9 Å². The number of nitrogens with one attached hydrogen (secondary N) is 1. The molecule has 112 valence electrons. The highest BCUT2D eigenvalue weighted by Gasteiger charge is 2.33. The first-order valence-electron chi connectivity index (χ1n) is 7.55. The average Bonchev–Trinajstić information content (AvgIpc) is 3.17. The van der Waals surface area contributed by atoms with Crippen molar-refractivity contribution in [1.82, 2.24) is 24.6 Å². The van der Waals surface area contributed by atoms with Crippen LogP contribution in [0.1, 0.15) is 54.2 Å². The summed E-state index contributed by atoms with van der Waals surface area (Å²) in [6, 6.07) is 1.85. The Labute approximate surface area is 124 Å². The summed E-state index contributed by atoms with van der Waals surface area (Å²) >= 11 is 0. The van der Waals surface area contributed by atoms with Gasteiger partial charge in [0.15, 0.2) is 0 Å². The van der Waals surface area contributed by atoms with Crippen molar-refractivity contribution in [2.75, 3.05) is 6.54 Å². The number of likely N-dealkylation sites (tertiary alicyclic amines) is 1. The van der Waals surface area contributed by atoms with E-state index in [9.17, 15) is 4.79 Å². The second-order valence-electron chi connectivity index (χ2n) is 5.57. The zero-order valence-electron chi connectivity index (χ0n) is 12.5. The third kappa shape index (κ3) is 2.70. The highest BCUT2D eigenvalue weighted by Crippen LogP contribution is 2.31. The number of hydrogen-bond acceptors (Lipinski definition) is 3. The number of aromatic nitrogens is 4. The summed E-state index contributed by atoms with van der Waals surface area (Å²) in [5, 5.41) is 4.37. The summed E-state index contributed by atoms with van der Waals surface area (Å²) in [5.74, 6) is 0.882. The van der Waals surface area contributed by atoms with Crippen molar-refractivity contribution in [2.24, 2.45) is 0 Å². The van der Waals surface area contributed by atoms with Gasteiger partial charge >= 0.3 is 0 Å². The van der Waals surface area contributed by atoms with E-state index < -0.39 is 0 Å². The molecule has 3 rings (SSSR count). The lowest BCUT2D eigenvalue weighted by atomic mass is 10.2. The van der Waals surface area contributed by atoms with Crippen molar-refractivity contribution in [3.8, 4) is 0 Å². The predicted molar refractivity (Wildman–Crippen MR) is 78.9 cm³/mol. The molecule has 1 N–H and O–H groups in total. The van der Waals surface area contributed by atoms with Crippen molar-refractivity contribution in [3.63, 3.8) is 0 Å². The molecule has 0 aliphatic carbocycles. The molecular weight excluding hydrogens is 266 g/mol. The molecule has 0 aromatic carbocycles. The van der Waals surface area contributed by atoms with Crippen molar-refractivity contribution in [1.29, 1.82) is 0 Å². The Bertz CT molecular complexity index is 630. The van der Waals surface area contributed by atoms with Crippen molar-refractivity contribution < 1.29 is 4.79 Å². The number of amides is 1. The average molecular weight is 287 g/mol. The lowest BCUT2D eigenvalue weighted by Crippen LogP contribution is -2.31. The number of carbonyl (C=O) groups excluding carboxylic acids is 1. The normalized spacial score (nSPS) is 18.4. The summed E-state index contributed by atoms with van der Waals surface area (Å²) in [5.41, 5.74) is 1.55. The minimum atomic E-state index is 0.00130. The van der Waals surface area contributed by atoms with E-state index in [2.05, 4.69) is 22.0 Å². The summed E-state index contributed by atoms with van der Waals surface area (Å²) in [6.45, 7) is 5.68. The van der Waals surface area contributed by atoms with E-state index in [0.29, 0.717) is 5.69 Å². The Kier molecular flexibility index (Phi) is 3.77. The lowest BCUT2D eigenvalue weighted by Gasteiger charge is -2.22. The topological polar surface area (TPSA) is 66.8 Å². The van der Waals surface area contributed by atoms with Crippen LogP contribution in [-0.2, 0) is 6.54 Å². The molecule has 0 bridgehead atoms. The maximum Gasteiger partial charge on any atom is 0.274 e. The van der Waals surface area contributed by atoms with Crippen LogP contribution in [0.4, 0.5) is 0 Å². The van der Waals surface area contributed by atoms with Crippen LogP contribution >= 0.6 is 0 Å². The molecule has 6 nitrogen and oxygen atoms in total. The number of hydrogen-bond donors (Lipinski definition) is 1. The predicted octanol–water partition coefficient (Wildman–Crippen LogP) is 2.30. The fourth-order valence-electron chi connectivity index (χ4n) is 2.87. The van der Waals surface area contributed by atoms with Crippen LogP contribution in [-0.4, -0.2) is 37.1 Å². The van der Waals surface area contributed by atoms with Crippen LogP contribution in [0, 0.1) is 6.92 Å². The lowest BCUT2D eigenvalue weighted by molar-refractivity contribution is 0.0723. The maximum atomic E-state index is 12.7. The van der Waals surface area contributed by atoms with E-state index in [4.69, 9.17) is 0 Å². The summed E-state index contributed by atoms with van der Waals surface area (Å²) in [7, 11) is 0. The molecule has 1 fully saturated rings. The Morgan fingerprint density at radius 2 is 2.38 bits per heavy atom. The molecule has 2 aromatic heterocycles. The molecule has 1 amide bonds. The van der Waals surface area contributed by atoms with Gasteiger partial charge in [-0.3, -0.25) is 9.48 Å². The van der Waals surface area contributed by atoms with Gasteiger partial charge in [0.25, 0.3) is 5.91 Å². The Balaban J connectivity index is 1.79. The number of carbonyl (C=O) groups is 1. The first kappa shape index (κ1) is 13.9. The van der Waals surface area contributed by atoms with Crippen molar-refractivity contribution in [3.05, 3.63) is 35.7 Å². The second-order valence-corrected chi connectivity index (χ2v) is 5.57. The Morgan fingerprint density at radius 3 is 3.10 bits per heavy atom. The van der Waals surface area contributed by atoms with Gasteiger partial charge in [0, 0.05) is 31.2 Å². The van der Waals surface area contributed by atoms with Gasteiger partial charge in [0.05, 0.1) is 6.04 Å². The zero-order chi connectivity index (χ0) is 14.8. The standard InChI is InChI=1S/C15H21N5O/c1-3-7-19-9-6-12(18-19)15(21)20-8-4-5-13(20)14-16-10-11(2)17-14/h6,9-10,13H,3-5,7-8H2,1-2H3,(H,16,17)/t13-/m0/s1. The molecule has 2 aromatic rings. The monoisotopic (exact) mass is 287 g/mol. The molecule has 0 unspecified atom stereocenters. The fourth-order valence-corrected chi connectivity index (χ4v) is 2.87. The largest absolute Gasteiger partial charge is 0.344 e. The second kappa shape index (κ2) is 5.71. The number of aryl methyl sites for hydroxylation is 2. The third-order valence-electron chi connectivity index (χ3n) is 3.86. The highest BCUT2D eigenvalue weighted by atomic mass is 16.2. The molecule has 3 heterocycles. The van der Waals surface area contributed by atoms with Gasteiger partial charge in [-0.25, -0.2) is 4.98 Å². The van der Waals surface area contributed by atoms with Crippen LogP contribution in [0.15, 0.2) is 18.5 Å². The van der Waals surface area contributed by atoms with Gasteiger partial charge in [-0.2, -0.15) is 5.10 Å². The molecule has 21 heavy (non-hydrogen) atoms. The van der Waals surface area contributed by atoms with E-state index in [0.717, 1.165) is 43.9 Å². The summed E-state index contributed by atoms with van der Waals surface area (Å²) < 4.78 is 1.83. The number of aromatic amines is 1. The van der Waals surface area contributed by atoms with E-state index in [1.165, 1.54) is 0 Å². The molecule has 6 heteroatoms. The van der Waals surface area contributed by atoms with Gasteiger partial charge in [-0.1, -0.05) is 6.92 Å². The van der Waals surface area contributed by atoms with E-state index in [1.807, 2.05) is 28.9 Å². The fraction of sp³-hybridized carbons (Fsp3) is 0.533. The summed E-state index contributed by atoms with van der Waals surface area (Å²) in [4.78, 5) is 22.2. The van der Waals surface area contributed by atoms with Crippen molar-refractivity contribution >= 4 is 5.91 Å². The molecular formula is C15H21N5O. The first-order chi connectivity index (χ1) is 10.2. The molecule has 1 aliphatic rings. The quantitative estimate of drug-likeness (QED) is 0.938. The number of H-pyrrole nitrogens is 1. The van der Waals surface area contributed by atoms with Crippen LogP contribution < -0.4 is 0 Å². The summed E-state index contributed by atoms with van der Waals surface area (Å²) in [6.07, 6.45) is 6.65. The van der Waals surface area contributed by atoms with Gasteiger partial charge in [-0.15, -0.1) is 0 Å². The molecule has 1 saturated heterocycles. The molecule has 0 saturated carbocycles. The van der Waals surface area contributed by atoms with Gasteiger partial charge in [-0.05, 0) is 32.3 Å². The number of rotatable bonds is 4. The Hall–Kier alpha value is -2.11.